The van der Waals surface area contributed by atoms with Crippen LogP contribution in [0.3, 0.4) is 0 Å². The Bertz CT molecular complexity index is 1490. The highest BCUT2D eigenvalue weighted by Gasteiger charge is 2.17. The normalized spacial score (nSPS) is 12.2. The summed E-state index contributed by atoms with van der Waals surface area (Å²) in [5.74, 6) is 0.404. The van der Waals surface area contributed by atoms with E-state index in [1.54, 1.807) is 30.0 Å². The number of fused-ring (bicyclic) bond motifs is 2. The Morgan fingerprint density at radius 1 is 1.18 bits per heavy atom. The second kappa shape index (κ2) is 8.38. The third-order valence-corrected chi connectivity index (χ3v) is 5.94. The minimum absolute atomic E-state index is 0.240. The number of hydrogen-bond acceptors (Lipinski definition) is 5. The van der Waals surface area contributed by atoms with Gasteiger partial charge in [0.05, 0.1) is 15.6 Å². The van der Waals surface area contributed by atoms with Gasteiger partial charge >= 0.3 is 0 Å². The maximum Gasteiger partial charge on any atom is 0.271 e. The first-order valence-corrected chi connectivity index (χ1v) is 10.8. The maximum absolute atomic E-state index is 11.9. The molecule has 0 saturated heterocycles. The second-order valence-corrected chi connectivity index (χ2v) is 8.26. The van der Waals surface area contributed by atoms with Gasteiger partial charge < -0.3 is 14.5 Å². The van der Waals surface area contributed by atoms with E-state index in [4.69, 9.17) is 27.9 Å². The largest absolute Gasteiger partial charge is 0.486 e. The molecule has 0 unspecified atom stereocenters. The molecule has 8 nitrogen and oxygen atoms in total. The molecule has 0 spiro atoms. The molecular formula is C23H18Cl2N6O2. The Kier molecular flexibility index (Phi) is 5.39. The Morgan fingerprint density at radius 3 is 2.73 bits per heavy atom. The van der Waals surface area contributed by atoms with Gasteiger partial charge in [0, 0.05) is 48.3 Å². The first kappa shape index (κ1) is 21.2. The van der Waals surface area contributed by atoms with Gasteiger partial charge in [0.25, 0.3) is 5.91 Å². The van der Waals surface area contributed by atoms with Crippen LogP contribution in [0.5, 0.6) is 5.75 Å². The third kappa shape index (κ3) is 3.88. The summed E-state index contributed by atoms with van der Waals surface area (Å²) in [6.07, 6.45) is 6.23. The number of nitrogens with zero attached hydrogens (tertiary/aromatic N) is 4. The summed E-state index contributed by atoms with van der Waals surface area (Å²) in [5.41, 5.74) is 4.13. The van der Waals surface area contributed by atoms with Crippen LogP contribution in [0, 0.1) is 0 Å². The zero-order valence-corrected chi connectivity index (χ0v) is 19.1. The number of ether oxygens (including phenoxy) is 1. The fourth-order valence-corrected chi connectivity index (χ4v) is 4.40. The lowest BCUT2D eigenvalue weighted by atomic mass is 10.1. The highest BCUT2D eigenvalue weighted by molar-refractivity contribution is 6.35. The summed E-state index contributed by atoms with van der Waals surface area (Å²) in [5, 5.41) is 11.9. The van der Waals surface area contributed by atoms with E-state index >= 15 is 0 Å². The lowest BCUT2D eigenvalue weighted by Gasteiger charge is -2.17. The third-order valence-electron chi connectivity index (χ3n) is 5.34. The van der Waals surface area contributed by atoms with Crippen LogP contribution in [-0.4, -0.2) is 37.5 Å². The van der Waals surface area contributed by atoms with Crippen LogP contribution in [0.15, 0.2) is 55.1 Å². The molecule has 5 rings (SSSR count). The molecule has 0 aliphatic heterocycles. The Labute approximate surface area is 198 Å². The Balaban J connectivity index is 1.50. The van der Waals surface area contributed by atoms with Crippen LogP contribution >= 0.6 is 23.2 Å². The molecule has 0 radical (unpaired) electrons. The summed E-state index contributed by atoms with van der Waals surface area (Å²) in [7, 11) is 1.57. The van der Waals surface area contributed by atoms with Crippen LogP contribution in [0.25, 0.3) is 27.8 Å². The number of H-pyrrole nitrogens is 1. The molecule has 0 saturated carbocycles. The molecule has 0 aliphatic carbocycles. The minimum Gasteiger partial charge on any atom is -0.486 e. The minimum atomic E-state index is -0.384. The van der Waals surface area contributed by atoms with Gasteiger partial charge in [-0.05, 0) is 37.3 Å². The van der Waals surface area contributed by atoms with Gasteiger partial charge in [0.1, 0.15) is 28.9 Å². The second-order valence-electron chi connectivity index (χ2n) is 7.44. The topological polar surface area (TPSA) is 97.2 Å². The number of rotatable bonds is 5. The van der Waals surface area contributed by atoms with Gasteiger partial charge in [-0.15, -0.1) is 0 Å². The van der Waals surface area contributed by atoms with E-state index in [1.807, 2.05) is 43.5 Å². The number of aromatic amines is 1. The van der Waals surface area contributed by atoms with E-state index in [9.17, 15) is 4.79 Å². The van der Waals surface area contributed by atoms with Gasteiger partial charge in [0.2, 0.25) is 0 Å². The number of carbonyl (C=O) groups is 1. The van der Waals surface area contributed by atoms with Gasteiger partial charge in [-0.25, -0.2) is 4.98 Å². The van der Waals surface area contributed by atoms with E-state index in [1.165, 1.54) is 0 Å². The molecule has 2 N–H and O–H groups in total. The van der Waals surface area contributed by atoms with E-state index in [2.05, 4.69) is 25.5 Å². The van der Waals surface area contributed by atoms with Crippen molar-refractivity contribution in [3.05, 3.63) is 76.4 Å². The van der Waals surface area contributed by atoms with Crippen molar-refractivity contribution >= 4 is 45.7 Å². The number of nitrogens with one attached hydrogen (secondary N) is 2. The van der Waals surface area contributed by atoms with Gasteiger partial charge in [-0.3, -0.25) is 14.9 Å². The fourth-order valence-electron chi connectivity index (χ4n) is 3.73. The molecule has 10 heteroatoms. The Hall–Kier alpha value is -3.62. The molecule has 0 bridgehead atoms. The van der Waals surface area contributed by atoms with Gasteiger partial charge in [-0.1, -0.05) is 23.2 Å². The summed E-state index contributed by atoms with van der Waals surface area (Å²) in [4.78, 5) is 20.3. The molecule has 1 aromatic carbocycles. The van der Waals surface area contributed by atoms with Crippen LogP contribution in [-0.2, 0) is 0 Å². The molecule has 4 heterocycles. The number of hydrogen-bond donors (Lipinski definition) is 2. The first-order chi connectivity index (χ1) is 15.9. The number of amides is 1. The van der Waals surface area contributed by atoms with Crippen molar-refractivity contribution < 1.29 is 9.53 Å². The van der Waals surface area contributed by atoms with E-state index in [0.717, 1.165) is 22.2 Å². The molecule has 1 atom stereocenters. The number of pyridine rings is 2. The Morgan fingerprint density at radius 2 is 1.97 bits per heavy atom. The average Bonchev–Trinajstić information content (AvgIpc) is 3.41. The van der Waals surface area contributed by atoms with Crippen molar-refractivity contribution in [1.29, 1.82) is 0 Å². The fraction of sp³-hybridized carbons (Fsp3) is 0.130. The molecule has 0 aliphatic rings. The number of imidazole rings is 1. The van der Waals surface area contributed by atoms with Crippen LogP contribution in [0.2, 0.25) is 10.0 Å². The highest BCUT2D eigenvalue weighted by atomic mass is 35.5. The smallest absolute Gasteiger partial charge is 0.271 e. The first-order valence-electron chi connectivity index (χ1n) is 10.1. The number of halogens is 2. The van der Waals surface area contributed by atoms with E-state index < -0.39 is 0 Å². The molecule has 5 aromatic rings. The lowest BCUT2D eigenvalue weighted by molar-refractivity contribution is 0.0958. The number of carbonyl (C=O) groups excluding carboxylic acids is 1. The van der Waals surface area contributed by atoms with Crippen molar-refractivity contribution in [3.63, 3.8) is 0 Å². The van der Waals surface area contributed by atoms with Crippen molar-refractivity contribution in [2.45, 2.75) is 13.0 Å². The van der Waals surface area contributed by atoms with Crippen LogP contribution in [0.4, 0.5) is 0 Å². The maximum atomic E-state index is 11.9. The molecule has 4 aromatic heterocycles. The zero-order valence-electron chi connectivity index (χ0n) is 17.6. The summed E-state index contributed by atoms with van der Waals surface area (Å²) >= 11 is 12.6. The van der Waals surface area contributed by atoms with Crippen LogP contribution in [0.1, 0.15) is 29.1 Å². The summed E-state index contributed by atoms with van der Waals surface area (Å²) < 4.78 is 7.94. The summed E-state index contributed by atoms with van der Waals surface area (Å²) in [6, 6.07) is 9.48. The number of benzene rings is 1. The van der Waals surface area contributed by atoms with E-state index in [-0.39, 0.29) is 12.0 Å². The quantitative estimate of drug-likeness (QED) is 0.365. The average molecular weight is 481 g/mol. The monoisotopic (exact) mass is 480 g/mol. The van der Waals surface area contributed by atoms with Crippen molar-refractivity contribution in [1.82, 2.24) is 29.9 Å². The molecule has 166 valence electrons. The van der Waals surface area contributed by atoms with Crippen molar-refractivity contribution in [2.75, 3.05) is 7.05 Å². The highest BCUT2D eigenvalue weighted by Crippen LogP contribution is 2.35. The van der Waals surface area contributed by atoms with Crippen molar-refractivity contribution in [3.8, 4) is 17.0 Å². The van der Waals surface area contributed by atoms with E-state index in [0.29, 0.717) is 32.7 Å². The number of aromatic nitrogens is 5. The molecule has 33 heavy (non-hydrogen) atoms. The van der Waals surface area contributed by atoms with Gasteiger partial charge in [0.15, 0.2) is 0 Å². The summed E-state index contributed by atoms with van der Waals surface area (Å²) in [6.45, 7) is 1.88. The predicted octanol–water partition coefficient (Wildman–Crippen LogP) is 5.08. The standard InChI is InChI=1S/C23H18Cl2N6O2/c1-12(21-16(24)9-27-10-17(21)25)33-14-3-4-18-15(8-14)22(30-29-18)13-5-6-31-11-19(23(32)26-2)28-20(31)7-13/h3-12H,1-2H3,(H,26,32)(H,29,30)/t12-/m1/s1. The predicted molar refractivity (Wildman–Crippen MR) is 127 cm³/mol. The molecule has 0 fully saturated rings. The van der Waals surface area contributed by atoms with Crippen LogP contribution < -0.4 is 10.1 Å². The van der Waals surface area contributed by atoms with Gasteiger partial charge in [-0.2, -0.15) is 5.10 Å². The zero-order chi connectivity index (χ0) is 23.1. The lowest BCUT2D eigenvalue weighted by Crippen LogP contribution is -2.17. The molecular weight excluding hydrogens is 463 g/mol. The SMILES string of the molecule is CNC(=O)c1cn2ccc(-c3n[nH]c4ccc(O[C@H](C)c5c(Cl)cncc5Cl)cc34)cc2n1. The van der Waals surface area contributed by atoms with Crippen molar-refractivity contribution in [2.24, 2.45) is 0 Å². The molecule has 1 amide bonds.